The normalized spacial score (nSPS) is 10.6. The highest BCUT2D eigenvalue weighted by molar-refractivity contribution is 7.71. The first-order valence-electron chi connectivity index (χ1n) is 4.47. The molecule has 0 saturated heterocycles. The van der Waals surface area contributed by atoms with Crippen molar-refractivity contribution < 1.29 is 4.39 Å². The van der Waals surface area contributed by atoms with Crippen molar-refractivity contribution in [2.24, 2.45) is 7.05 Å². The molecule has 1 aromatic carbocycles. The maximum absolute atomic E-state index is 13.1. The Labute approximate surface area is 91.6 Å². The molecule has 2 aromatic rings. The molecular weight excluding hydrogens is 213 g/mol. The SMILES string of the molecule is Cc1cc(F)cc(-c2nc(=S)n(C)[nH]2)c1. The Morgan fingerprint density at radius 3 is 2.67 bits per heavy atom. The highest BCUT2D eigenvalue weighted by Crippen LogP contribution is 2.17. The molecule has 0 fully saturated rings. The number of H-pyrrole nitrogens is 1. The van der Waals surface area contributed by atoms with Gasteiger partial charge in [0.1, 0.15) is 5.82 Å². The van der Waals surface area contributed by atoms with Crippen molar-refractivity contribution in [1.29, 1.82) is 0 Å². The minimum Gasteiger partial charge on any atom is -0.279 e. The fourth-order valence-corrected chi connectivity index (χ4v) is 1.54. The average Bonchev–Trinajstić information content (AvgIpc) is 2.45. The maximum Gasteiger partial charge on any atom is 0.216 e. The van der Waals surface area contributed by atoms with Gasteiger partial charge in [-0.05, 0) is 42.9 Å². The van der Waals surface area contributed by atoms with Crippen LogP contribution in [0.1, 0.15) is 5.56 Å². The second-order valence-electron chi connectivity index (χ2n) is 3.43. The van der Waals surface area contributed by atoms with Crippen LogP contribution >= 0.6 is 12.2 Å². The zero-order chi connectivity index (χ0) is 11.0. The molecule has 3 nitrogen and oxygen atoms in total. The van der Waals surface area contributed by atoms with Gasteiger partial charge in [-0.3, -0.25) is 9.78 Å². The smallest absolute Gasteiger partial charge is 0.216 e. The summed E-state index contributed by atoms with van der Waals surface area (Å²) in [6, 6.07) is 4.76. The first kappa shape index (κ1) is 10.0. The Balaban J connectivity index is 2.58. The third-order valence-corrected chi connectivity index (χ3v) is 2.45. The Morgan fingerprint density at radius 1 is 1.40 bits per heavy atom. The van der Waals surface area contributed by atoms with Gasteiger partial charge in [-0.25, -0.2) is 4.39 Å². The Kier molecular flexibility index (Phi) is 2.40. The standard InChI is InChI=1S/C10H10FN3S/c1-6-3-7(5-8(11)4-6)9-12-10(15)14(2)13-9/h3-5H,1-2H3,(H,12,13,15). The van der Waals surface area contributed by atoms with E-state index >= 15 is 0 Å². The van der Waals surface area contributed by atoms with Crippen molar-refractivity contribution >= 4 is 12.2 Å². The summed E-state index contributed by atoms with van der Waals surface area (Å²) in [7, 11) is 1.77. The summed E-state index contributed by atoms with van der Waals surface area (Å²) in [5, 5.41) is 2.95. The molecule has 2 rings (SSSR count). The number of aryl methyl sites for hydroxylation is 2. The van der Waals surface area contributed by atoms with E-state index in [1.54, 1.807) is 11.7 Å². The quantitative estimate of drug-likeness (QED) is 0.754. The van der Waals surface area contributed by atoms with Crippen LogP contribution < -0.4 is 0 Å². The number of aromatic nitrogens is 3. The Hall–Kier alpha value is -1.49. The fourth-order valence-electron chi connectivity index (χ4n) is 1.40. The zero-order valence-corrected chi connectivity index (χ0v) is 9.23. The van der Waals surface area contributed by atoms with Gasteiger partial charge >= 0.3 is 0 Å². The van der Waals surface area contributed by atoms with Crippen LogP contribution in [-0.4, -0.2) is 14.8 Å². The summed E-state index contributed by atoms with van der Waals surface area (Å²) < 4.78 is 15.2. The Morgan fingerprint density at radius 2 is 2.13 bits per heavy atom. The van der Waals surface area contributed by atoms with Crippen molar-refractivity contribution in [2.75, 3.05) is 0 Å². The summed E-state index contributed by atoms with van der Waals surface area (Å²) in [5.74, 6) is 0.320. The molecule has 0 aliphatic carbocycles. The van der Waals surface area contributed by atoms with E-state index in [1.165, 1.54) is 12.1 Å². The summed E-state index contributed by atoms with van der Waals surface area (Å²) >= 11 is 4.97. The van der Waals surface area contributed by atoms with Gasteiger partial charge in [0, 0.05) is 12.6 Å². The topological polar surface area (TPSA) is 33.6 Å². The molecule has 5 heteroatoms. The van der Waals surface area contributed by atoms with E-state index in [0.717, 1.165) is 5.56 Å². The lowest BCUT2D eigenvalue weighted by molar-refractivity contribution is 0.627. The molecule has 1 heterocycles. The van der Waals surface area contributed by atoms with Gasteiger partial charge in [-0.1, -0.05) is 0 Å². The van der Waals surface area contributed by atoms with Crippen molar-refractivity contribution in [3.8, 4) is 11.4 Å². The molecule has 0 amide bonds. The first-order chi connectivity index (χ1) is 7.06. The van der Waals surface area contributed by atoms with Crippen LogP contribution in [0.5, 0.6) is 0 Å². The van der Waals surface area contributed by atoms with E-state index in [4.69, 9.17) is 12.2 Å². The maximum atomic E-state index is 13.1. The minimum absolute atomic E-state index is 0.269. The lowest BCUT2D eigenvalue weighted by Crippen LogP contribution is -1.90. The minimum atomic E-state index is -0.269. The van der Waals surface area contributed by atoms with Crippen molar-refractivity contribution in [3.05, 3.63) is 34.4 Å². The largest absolute Gasteiger partial charge is 0.279 e. The summed E-state index contributed by atoms with van der Waals surface area (Å²) in [4.78, 5) is 4.12. The second-order valence-corrected chi connectivity index (χ2v) is 3.80. The van der Waals surface area contributed by atoms with Crippen molar-refractivity contribution in [2.45, 2.75) is 6.92 Å². The second kappa shape index (κ2) is 3.58. The number of halogens is 1. The zero-order valence-electron chi connectivity index (χ0n) is 8.41. The molecule has 0 atom stereocenters. The van der Waals surface area contributed by atoms with Crippen LogP contribution in [0.2, 0.25) is 0 Å². The van der Waals surface area contributed by atoms with Crippen LogP contribution in [0, 0.1) is 17.5 Å². The molecule has 1 N–H and O–H groups in total. The van der Waals surface area contributed by atoms with Crippen LogP contribution in [0.25, 0.3) is 11.4 Å². The van der Waals surface area contributed by atoms with Gasteiger partial charge in [0.05, 0.1) is 0 Å². The molecular formula is C10H10FN3S. The number of nitrogens with one attached hydrogen (secondary N) is 1. The van der Waals surface area contributed by atoms with Crippen molar-refractivity contribution in [1.82, 2.24) is 14.8 Å². The summed E-state index contributed by atoms with van der Waals surface area (Å²) in [6.45, 7) is 1.84. The lowest BCUT2D eigenvalue weighted by atomic mass is 10.1. The predicted molar refractivity (Wildman–Crippen MR) is 58.5 cm³/mol. The van der Waals surface area contributed by atoms with Gasteiger partial charge in [0.2, 0.25) is 4.77 Å². The number of rotatable bonds is 1. The molecule has 0 aliphatic heterocycles. The number of hydrogen-bond acceptors (Lipinski definition) is 2. The monoisotopic (exact) mass is 223 g/mol. The third-order valence-electron chi connectivity index (χ3n) is 2.08. The van der Waals surface area contributed by atoms with Crippen LogP contribution in [0.15, 0.2) is 18.2 Å². The molecule has 78 valence electrons. The van der Waals surface area contributed by atoms with Gasteiger partial charge in [0.15, 0.2) is 5.82 Å². The Bertz CT molecular complexity index is 536. The van der Waals surface area contributed by atoms with Gasteiger partial charge < -0.3 is 0 Å². The lowest BCUT2D eigenvalue weighted by Gasteiger charge is -1.99. The van der Waals surface area contributed by atoms with Crippen LogP contribution in [0.4, 0.5) is 4.39 Å². The van der Waals surface area contributed by atoms with E-state index in [1.807, 2.05) is 13.0 Å². The molecule has 0 saturated carbocycles. The number of nitrogens with zero attached hydrogens (tertiary/aromatic N) is 2. The van der Waals surface area contributed by atoms with E-state index in [0.29, 0.717) is 16.2 Å². The summed E-state index contributed by atoms with van der Waals surface area (Å²) in [6.07, 6.45) is 0. The molecule has 15 heavy (non-hydrogen) atoms. The molecule has 0 spiro atoms. The van der Waals surface area contributed by atoms with Gasteiger partial charge in [0.25, 0.3) is 0 Å². The van der Waals surface area contributed by atoms with Gasteiger partial charge in [-0.15, -0.1) is 0 Å². The van der Waals surface area contributed by atoms with Gasteiger partial charge in [-0.2, -0.15) is 4.98 Å². The van der Waals surface area contributed by atoms with E-state index < -0.39 is 0 Å². The average molecular weight is 223 g/mol. The van der Waals surface area contributed by atoms with E-state index in [-0.39, 0.29) is 5.82 Å². The number of hydrogen-bond donors (Lipinski definition) is 1. The van der Waals surface area contributed by atoms with Crippen LogP contribution in [0.3, 0.4) is 0 Å². The highest BCUT2D eigenvalue weighted by Gasteiger charge is 2.05. The molecule has 0 bridgehead atoms. The number of benzene rings is 1. The predicted octanol–water partition coefficient (Wildman–Crippen LogP) is 2.59. The molecule has 0 aliphatic rings. The third kappa shape index (κ3) is 1.97. The molecule has 0 unspecified atom stereocenters. The van der Waals surface area contributed by atoms with Crippen LogP contribution in [-0.2, 0) is 7.05 Å². The summed E-state index contributed by atoms with van der Waals surface area (Å²) in [5.41, 5.74) is 1.56. The molecule has 1 aromatic heterocycles. The molecule has 0 radical (unpaired) electrons. The van der Waals surface area contributed by atoms with Crippen molar-refractivity contribution in [3.63, 3.8) is 0 Å². The van der Waals surface area contributed by atoms with E-state index in [9.17, 15) is 4.39 Å². The highest BCUT2D eigenvalue weighted by atomic mass is 32.1. The van der Waals surface area contributed by atoms with E-state index in [2.05, 4.69) is 10.1 Å². The number of aromatic amines is 1. The first-order valence-corrected chi connectivity index (χ1v) is 4.88. The fraction of sp³-hybridized carbons (Fsp3) is 0.200.